The van der Waals surface area contributed by atoms with E-state index in [9.17, 15) is 4.79 Å². The van der Waals surface area contributed by atoms with Crippen molar-refractivity contribution < 1.29 is 4.79 Å². The highest BCUT2D eigenvalue weighted by Crippen LogP contribution is 2.11. The number of carbonyl (C=O) groups excluding carboxylic acids is 1. The Labute approximate surface area is 114 Å². The number of amides is 1. The van der Waals surface area contributed by atoms with Crippen molar-refractivity contribution >= 4 is 17.5 Å². The molecule has 0 unspecified atom stereocenters. The second-order valence-corrected chi connectivity index (χ2v) is 4.14. The number of nitrogens with one attached hydrogen (secondary N) is 1. The van der Waals surface area contributed by atoms with Crippen LogP contribution in [-0.4, -0.2) is 32.2 Å². The number of halogens is 1. The first-order chi connectivity index (χ1) is 9.20. The first-order valence-corrected chi connectivity index (χ1v) is 6.05. The van der Waals surface area contributed by atoms with Crippen molar-refractivity contribution in [3.63, 3.8) is 0 Å². The maximum Gasteiger partial charge on any atom is 0.291 e. The zero-order valence-electron chi connectivity index (χ0n) is 10.1. The van der Waals surface area contributed by atoms with Crippen LogP contribution in [0.15, 0.2) is 24.7 Å². The predicted molar refractivity (Wildman–Crippen MR) is 69.5 cm³/mol. The molecule has 0 radical (unpaired) electrons. The van der Waals surface area contributed by atoms with Gasteiger partial charge in [-0.3, -0.25) is 14.5 Å². The van der Waals surface area contributed by atoms with Crippen molar-refractivity contribution in [3.05, 3.63) is 41.2 Å². The molecule has 1 amide bonds. The highest BCUT2D eigenvalue weighted by molar-refractivity contribution is 6.31. The van der Waals surface area contributed by atoms with Gasteiger partial charge in [0.05, 0.1) is 23.8 Å². The molecule has 0 saturated heterocycles. The second-order valence-electron chi connectivity index (χ2n) is 3.73. The molecule has 0 spiro atoms. The van der Waals surface area contributed by atoms with Gasteiger partial charge in [0.15, 0.2) is 0 Å². The summed E-state index contributed by atoms with van der Waals surface area (Å²) < 4.78 is 1.52. The van der Waals surface area contributed by atoms with Crippen LogP contribution in [0.25, 0.3) is 0 Å². The van der Waals surface area contributed by atoms with Crippen LogP contribution in [0, 0.1) is 0 Å². The van der Waals surface area contributed by atoms with E-state index in [1.807, 2.05) is 0 Å². The number of pyridine rings is 1. The van der Waals surface area contributed by atoms with E-state index in [-0.39, 0.29) is 18.3 Å². The Bertz CT molecular complexity index is 570. The Morgan fingerprint density at radius 2 is 2.32 bits per heavy atom. The lowest BCUT2D eigenvalue weighted by Crippen LogP contribution is -2.25. The fraction of sp³-hybridized carbons (Fsp3) is 0.273. The molecule has 0 fully saturated rings. The molecule has 19 heavy (non-hydrogen) atoms. The van der Waals surface area contributed by atoms with Crippen molar-refractivity contribution in [2.75, 3.05) is 6.54 Å². The quantitative estimate of drug-likeness (QED) is 0.816. The summed E-state index contributed by atoms with van der Waals surface area (Å²) in [6.45, 7) is 1.18. The summed E-state index contributed by atoms with van der Waals surface area (Å²) in [5.74, 6) is -0.280. The van der Waals surface area contributed by atoms with Crippen LogP contribution in [0.5, 0.6) is 0 Å². The van der Waals surface area contributed by atoms with Gasteiger partial charge in [0.25, 0.3) is 5.91 Å². The van der Waals surface area contributed by atoms with Crippen LogP contribution >= 0.6 is 11.6 Å². The molecule has 0 aliphatic rings. The van der Waals surface area contributed by atoms with Gasteiger partial charge in [0.1, 0.15) is 6.33 Å². The summed E-state index contributed by atoms with van der Waals surface area (Å²) in [5.41, 5.74) is 5.98. The first-order valence-electron chi connectivity index (χ1n) is 5.68. The lowest BCUT2D eigenvalue weighted by atomic mass is 10.3. The zero-order chi connectivity index (χ0) is 13.7. The Hall–Kier alpha value is -1.99. The number of hydrogen-bond acceptors (Lipinski definition) is 5. The van der Waals surface area contributed by atoms with Crippen LogP contribution in [0.3, 0.4) is 0 Å². The van der Waals surface area contributed by atoms with Gasteiger partial charge >= 0.3 is 0 Å². The number of carbonyl (C=O) groups is 1. The van der Waals surface area contributed by atoms with Gasteiger partial charge < -0.3 is 11.1 Å². The van der Waals surface area contributed by atoms with Gasteiger partial charge in [-0.25, -0.2) is 4.98 Å². The molecule has 0 bridgehead atoms. The molecule has 8 heteroatoms. The minimum absolute atomic E-state index is 0.0977. The second kappa shape index (κ2) is 6.26. The molecule has 2 rings (SSSR count). The molecule has 7 nitrogen and oxygen atoms in total. The molecule has 100 valence electrons. The number of nitrogens with two attached hydrogens (primary N) is 1. The smallest absolute Gasteiger partial charge is 0.291 e. The summed E-state index contributed by atoms with van der Waals surface area (Å²) >= 11 is 5.94. The Morgan fingerprint density at radius 3 is 3.05 bits per heavy atom. The molecule has 0 aliphatic carbocycles. The fourth-order valence-electron chi connectivity index (χ4n) is 1.43. The lowest BCUT2D eigenvalue weighted by molar-refractivity contribution is 0.0939. The summed E-state index contributed by atoms with van der Waals surface area (Å²) in [6, 6.07) is 3.44. The van der Waals surface area contributed by atoms with Crippen molar-refractivity contribution in [1.29, 1.82) is 0 Å². The van der Waals surface area contributed by atoms with Gasteiger partial charge in [-0.15, -0.1) is 5.10 Å². The molecule has 0 aromatic carbocycles. The number of nitrogens with zero attached hydrogens (tertiary/aromatic N) is 4. The number of aromatic nitrogens is 4. The Balaban J connectivity index is 1.95. The predicted octanol–water partition coefficient (Wildman–Crippen LogP) is 0.215. The van der Waals surface area contributed by atoms with E-state index < -0.39 is 0 Å². The molecular formula is C11H13ClN6O. The van der Waals surface area contributed by atoms with Crippen LogP contribution in [0.4, 0.5) is 0 Å². The van der Waals surface area contributed by atoms with E-state index in [2.05, 4.69) is 20.4 Å². The van der Waals surface area contributed by atoms with Crippen LogP contribution in [-0.2, 0) is 13.1 Å². The molecule has 2 heterocycles. The maximum atomic E-state index is 11.8. The minimum atomic E-state index is -0.377. The molecular weight excluding hydrogens is 268 g/mol. The zero-order valence-corrected chi connectivity index (χ0v) is 10.8. The van der Waals surface area contributed by atoms with Gasteiger partial charge in [-0.2, -0.15) is 0 Å². The normalized spacial score (nSPS) is 10.4. The average molecular weight is 281 g/mol. The summed E-state index contributed by atoms with van der Waals surface area (Å²) in [5, 5.41) is 7.15. The molecule has 0 saturated carbocycles. The third kappa shape index (κ3) is 3.49. The van der Waals surface area contributed by atoms with Crippen molar-refractivity contribution in [2.45, 2.75) is 13.1 Å². The minimum Gasteiger partial charge on any atom is -0.344 e. The van der Waals surface area contributed by atoms with Crippen molar-refractivity contribution in [3.8, 4) is 0 Å². The third-order valence-corrected chi connectivity index (χ3v) is 2.69. The van der Waals surface area contributed by atoms with Gasteiger partial charge in [0, 0.05) is 12.7 Å². The topological polar surface area (TPSA) is 98.7 Å². The summed E-state index contributed by atoms with van der Waals surface area (Å²) in [4.78, 5) is 19.8. The number of rotatable bonds is 5. The van der Waals surface area contributed by atoms with Crippen LogP contribution < -0.4 is 11.1 Å². The average Bonchev–Trinajstić information content (AvgIpc) is 2.87. The third-order valence-electron chi connectivity index (χ3n) is 2.35. The highest BCUT2D eigenvalue weighted by atomic mass is 35.5. The lowest BCUT2D eigenvalue weighted by Gasteiger charge is -2.03. The fourth-order valence-corrected chi connectivity index (χ4v) is 1.62. The molecule has 3 N–H and O–H groups in total. The van der Waals surface area contributed by atoms with E-state index in [1.165, 1.54) is 11.0 Å². The summed E-state index contributed by atoms with van der Waals surface area (Å²) in [6.07, 6.45) is 3.08. The largest absolute Gasteiger partial charge is 0.344 e. The first kappa shape index (κ1) is 13.4. The van der Waals surface area contributed by atoms with E-state index in [0.717, 1.165) is 0 Å². The van der Waals surface area contributed by atoms with E-state index >= 15 is 0 Å². The monoisotopic (exact) mass is 280 g/mol. The van der Waals surface area contributed by atoms with E-state index in [1.54, 1.807) is 18.3 Å². The molecule has 2 aromatic rings. The molecule has 2 aromatic heterocycles. The summed E-state index contributed by atoms with van der Waals surface area (Å²) in [7, 11) is 0. The molecule has 0 aliphatic heterocycles. The van der Waals surface area contributed by atoms with Crippen molar-refractivity contribution in [2.24, 2.45) is 5.73 Å². The highest BCUT2D eigenvalue weighted by Gasteiger charge is 2.11. The van der Waals surface area contributed by atoms with Gasteiger partial charge in [-0.05, 0) is 12.1 Å². The SMILES string of the molecule is NCCn1cnc(C(=O)NCc2ncccc2Cl)n1. The van der Waals surface area contributed by atoms with E-state index in [0.29, 0.717) is 23.8 Å². The van der Waals surface area contributed by atoms with Crippen molar-refractivity contribution in [1.82, 2.24) is 25.1 Å². The van der Waals surface area contributed by atoms with Gasteiger partial charge in [-0.1, -0.05) is 11.6 Å². The molecule has 0 atom stereocenters. The standard InChI is InChI=1S/C11H13ClN6O/c12-8-2-1-4-14-9(8)6-15-11(19)10-16-7-18(17-10)5-3-13/h1-2,4,7H,3,5-6,13H2,(H,15,19). The van der Waals surface area contributed by atoms with Crippen LogP contribution in [0.1, 0.15) is 16.3 Å². The van der Waals surface area contributed by atoms with Crippen LogP contribution in [0.2, 0.25) is 5.02 Å². The van der Waals surface area contributed by atoms with Gasteiger partial charge in [0.2, 0.25) is 5.82 Å². The Kier molecular flexibility index (Phi) is 4.43. The maximum absolute atomic E-state index is 11.8. The van der Waals surface area contributed by atoms with E-state index in [4.69, 9.17) is 17.3 Å². The number of hydrogen-bond donors (Lipinski definition) is 2. The Morgan fingerprint density at radius 1 is 1.47 bits per heavy atom.